The summed E-state index contributed by atoms with van der Waals surface area (Å²) >= 11 is 0. The average molecular weight is 340 g/mol. The molecule has 0 bridgehead atoms. The highest BCUT2D eigenvalue weighted by atomic mass is 19.1. The highest BCUT2D eigenvalue weighted by molar-refractivity contribution is 6.04. The molecule has 25 heavy (non-hydrogen) atoms. The number of rotatable bonds is 4. The van der Waals surface area contributed by atoms with Gasteiger partial charge in [-0.2, -0.15) is 0 Å². The lowest BCUT2D eigenvalue weighted by Gasteiger charge is -2.10. The Labute approximate surface area is 142 Å². The molecule has 3 aromatic rings. The quantitative estimate of drug-likeness (QED) is 0.791. The summed E-state index contributed by atoms with van der Waals surface area (Å²) < 4.78 is 28.7. The molecule has 0 radical (unpaired) electrons. The van der Waals surface area contributed by atoms with Crippen molar-refractivity contribution in [3.05, 3.63) is 100.0 Å². The van der Waals surface area contributed by atoms with E-state index in [1.807, 2.05) is 30.3 Å². The molecule has 0 unspecified atom stereocenters. The summed E-state index contributed by atoms with van der Waals surface area (Å²) in [6, 6.07) is 15.1. The maximum absolute atomic E-state index is 13.6. The molecule has 0 atom stereocenters. The molecule has 0 aliphatic rings. The second-order valence-electron chi connectivity index (χ2n) is 5.42. The number of nitrogens with one attached hydrogen (secondary N) is 1. The summed E-state index contributed by atoms with van der Waals surface area (Å²) in [5.74, 6) is -2.44. The minimum Gasteiger partial charge on any atom is -0.317 e. The van der Waals surface area contributed by atoms with Crippen LogP contribution in [0.15, 0.2) is 71.7 Å². The Morgan fingerprint density at radius 2 is 1.60 bits per heavy atom. The Morgan fingerprint density at radius 1 is 0.920 bits per heavy atom. The van der Waals surface area contributed by atoms with Crippen molar-refractivity contribution in [1.29, 1.82) is 0 Å². The fourth-order valence-electron chi connectivity index (χ4n) is 2.37. The van der Waals surface area contributed by atoms with Gasteiger partial charge in [-0.05, 0) is 23.8 Å². The van der Waals surface area contributed by atoms with E-state index in [4.69, 9.17) is 0 Å². The second-order valence-corrected chi connectivity index (χ2v) is 5.42. The van der Waals surface area contributed by atoms with Gasteiger partial charge in [-0.25, -0.2) is 8.78 Å². The van der Waals surface area contributed by atoms with Gasteiger partial charge in [0.05, 0.1) is 12.1 Å². The molecule has 0 saturated heterocycles. The predicted molar refractivity (Wildman–Crippen MR) is 90.6 cm³/mol. The Bertz CT molecular complexity index is 948. The molecule has 0 spiro atoms. The zero-order valence-electron chi connectivity index (χ0n) is 13.1. The van der Waals surface area contributed by atoms with Crippen LogP contribution < -0.4 is 10.9 Å². The van der Waals surface area contributed by atoms with Gasteiger partial charge in [0.1, 0.15) is 17.3 Å². The fourth-order valence-corrected chi connectivity index (χ4v) is 2.37. The van der Waals surface area contributed by atoms with E-state index in [2.05, 4.69) is 5.32 Å². The van der Waals surface area contributed by atoms with Crippen molar-refractivity contribution in [3.63, 3.8) is 0 Å². The van der Waals surface area contributed by atoms with Crippen molar-refractivity contribution in [3.8, 4) is 0 Å². The van der Waals surface area contributed by atoms with Gasteiger partial charge in [0.2, 0.25) is 0 Å². The van der Waals surface area contributed by atoms with Gasteiger partial charge in [0, 0.05) is 12.3 Å². The first kappa shape index (κ1) is 16.6. The SMILES string of the molecule is O=C(Nc1c(F)cccc1F)c1ccc(=O)n(Cc2ccccc2)c1. The van der Waals surface area contributed by atoms with Gasteiger partial charge in [-0.15, -0.1) is 0 Å². The summed E-state index contributed by atoms with van der Waals surface area (Å²) in [7, 11) is 0. The Balaban J connectivity index is 1.86. The summed E-state index contributed by atoms with van der Waals surface area (Å²) in [6.45, 7) is 0.287. The Kier molecular flexibility index (Phi) is 4.70. The van der Waals surface area contributed by atoms with Crippen LogP contribution in [0, 0.1) is 11.6 Å². The van der Waals surface area contributed by atoms with Crippen LogP contribution in [-0.2, 0) is 6.54 Å². The summed E-state index contributed by atoms with van der Waals surface area (Å²) in [4.78, 5) is 24.3. The molecule has 3 rings (SSSR count). The lowest BCUT2D eigenvalue weighted by molar-refractivity contribution is 0.102. The normalized spacial score (nSPS) is 10.5. The molecule has 6 heteroatoms. The number of anilines is 1. The molecule has 0 fully saturated rings. The van der Waals surface area contributed by atoms with E-state index < -0.39 is 23.2 Å². The van der Waals surface area contributed by atoms with Crippen molar-refractivity contribution in [2.75, 3.05) is 5.32 Å². The van der Waals surface area contributed by atoms with E-state index >= 15 is 0 Å². The summed E-state index contributed by atoms with van der Waals surface area (Å²) in [5.41, 5.74) is 0.214. The molecule has 1 aromatic heterocycles. The lowest BCUT2D eigenvalue weighted by atomic mass is 10.2. The predicted octanol–water partition coefficient (Wildman–Crippen LogP) is 3.43. The molecule has 0 aliphatic carbocycles. The van der Waals surface area contributed by atoms with Crippen molar-refractivity contribution >= 4 is 11.6 Å². The molecule has 0 aliphatic heterocycles. The smallest absolute Gasteiger partial charge is 0.257 e. The molecule has 2 aromatic carbocycles. The van der Waals surface area contributed by atoms with Crippen molar-refractivity contribution in [2.45, 2.75) is 6.54 Å². The fraction of sp³-hybridized carbons (Fsp3) is 0.0526. The van der Waals surface area contributed by atoms with Crippen LogP contribution in [0.25, 0.3) is 0 Å². The molecule has 0 saturated carbocycles. The number of nitrogens with zero attached hydrogens (tertiary/aromatic N) is 1. The van der Waals surface area contributed by atoms with E-state index in [-0.39, 0.29) is 17.7 Å². The highest BCUT2D eigenvalue weighted by Crippen LogP contribution is 2.18. The molecular weight excluding hydrogens is 326 g/mol. The first-order valence-electron chi connectivity index (χ1n) is 7.54. The number of carbonyl (C=O) groups is 1. The Hall–Kier alpha value is -3.28. The van der Waals surface area contributed by atoms with Gasteiger partial charge >= 0.3 is 0 Å². The second kappa shape index (κ2) is 7.09. The van der Waals surface area contributed by atoms with E-state index in [1.54, 1.807) is 0 Å². The number of benzene rings is 2. The molecule has 1 heterocycles. The lowest BCUT2D eigenvalue weighted by Crippen LogP contribution is -2.23. The van der Waals surface area contributed by atoms with Gasteiger partial charge in [0.25, 0.3) is 11.5 Å². The van der Waals surface area contributed by atoms with Crippen LogP contribution in [0.4, 0.5) is 14.5 Å². The van der Waals surface area contributed by atoms with Crippen LogP contribution in [-0.4, -0.2) is 10.5 Å². The minimum atomic E-state index is -0.869. The van der Waals surface area contributed by atoms with Gasteiger partial charge in [-0.3, -0.25) is 9.59 Å². The number of hydrogen-bond donors (Lipinski definition) is 1. The molecule has 126 valence electrons. The number of halogens is 2. The highest BCUT2D eigenvalue weighted by Gasteiger charge is 2.14. The van der Waals surface area contributed by atoms with Crippen molar-refractivity contribution < 1.29 is 13.6 Å². The van der Waals surface area contributed by atoms with E-state index in [1.165, 1.54) is 29.0 Å². The average Bonchev–Trinajstić information content (AvgIpc) is 2.61. The van der Waals surface area contributed by atoms with E-state index in [0.717, 1.165) is 17.7 Å². The third kappa shape index (κ3) is 3.80. The maximum Gasteiger partial charge on any atom is 0.257 e. The number of amides is 1. The van der Waals surface area contributed by atoms with Crippen molar-refractivity contribution in [1.82, 2.24) is 4.57 Å². The molecular formula is C19H14F2N2O2. The standard InChI is InChI=1S/C19H14F2N2O2/c20-15-7-4-8-16(21)18(15)22-19(25)14-9-10-17(24)23(12-14)11-13-5-2-1-3-6-13/h1-10,12H,11H2,(H,22,25). The Morgan fingerprint density at radius 3 is 2.28 bits per heavy atom. The number of para-hydroxylation sites is 1. The number of hydrogen-bond acceptors (Lipinski definition) is 2. The summed E-state index contributed by atoms with van der Waals surface area (Å²) in [6.07, 6.45) is 1.36. The van der Waals surface area contributed by atoms with Crippen LogP contribution in [0.5, 0.6) is 0 Å². The minimum absolute atomic E-state index is 0.123. The largest absolute Gasteiger partial charge is 0.317 e. The van der Waals surface area contributed by atoms with Gasteiger partial charge < -0.3 is 9.88 Å². The van der Waals surface area contributed by atoms with Crippen molar-refractivity contribution in [2.24, 2.45) is 0 Å². The third-order valence-corrected chi connectivity index (χ3v) is 3.64. The van der Waals surface area contributed by atoms with Crippen LogP contribution >= 0.6 is 0 Å². The molecule has 1 amide bonds. The van der Waals surface area contributed by atoms with Crippen LogP contribution in [0.2, 0.25) is 0 Å². The summed E-state index contributed by atoms with van der Waals surface area (Å²) in [5, 5.41) is 2.20. The van der Waals surface area contributed by atoms with Gasteiger partial charge in [0.15, 0.2) is 0 Å². The van der Waals surface area contributed by atoms with Crippen LogP contribution in [0.1, 0.15) is 15.9 Å². The zero-order chi connectivity index (χ0) is 17.8. The monoisotopic (exact) mass is 340 g/mol. The molecule has 4 nitrogen and oxygen atoms in total. The number of aromatic nitrogens is 1. The topological polar surface area (TPSA) is 51.1 Å². The number of pyridine rings is 1. The maximum atomic E-state index is 13.6. The zero-order valence-corrected chi connectivity index (χ0v) is 13.1. The van der Waals surface area contributed by atoms with Gasteiger partial charge in [-0.1, -0.05) is 36.4 Å². The third-order valence-electron chi connectivity index (χ3n) is 3.64. The number of carbonyl (C=O) groups excluding carboxylic acids is 1. The first-order chi connectivity index (χ1) is 12.0. The van der Waals surface area contributed by atoms with Crippen LogP contribution in [0.3, 0.4) is 0 Å². The van der Waals surface area contributed by atoms with E-state index in [0.29, 0.717) is 0 Å². The first-order valence-corrected chi connectivity index (χ1v) is 7.54. The van der Waals surface area contributed by atoms with E-state index in [9.17, 15) is 18.4 Å². The molecule has 1 N–H and O–H groups in total.